The van der Waals surface area contributed by atoms with Crippen LogP contribution in [0.3, 0.4) is 0 Å². The second-order valence-electron chi connectivity index (χ2n) is 9.00. The molecule has 0 heterocycles. The van der Waals surface area contributed by atoms with Gasteiger partial charge in [0.05, 0.1) is 0 Å². The van der Waals surface area contributed by atoms with Gasteiger partial charge in [-0.2, -0.15) is 0 Å². The van der Waals surface area contributed by atoms with Crippen molar-refractivity contribution in [2.24, 2.45) is 0 Å². The summed E-state index contributed by atoms with van der Waals surface area (Å²) in [5, 5.41) is 8.84. The SMILES string of the molecule is C=CC(=O)Nc1ccc(C(=O)NC2(C(=O)Nc3c4c(cc5c3CCC5)CCC4)CC2)cc1. The zero-order valence-electron chi connectivity index (χ0n) is 18.1. The maximum Gasteiger partial charge on any atom is 0.252 e. The summed E-state index contributed by atoms with van der Waals surface area (Å²) >= 11 is 0. The predicted molar refractivity (Wildman–Crippen MR) is 124 cm³/mol. The molecule has 2 aromatic carbocycles. The average molecular weight is 430 g/mol. The van der Waals surface area contributed by atoms with Crippen molar-refractivity contribution >= 4 is 29.1 Å². The Bertz CT molecular complexity index is 1100. The highest BCUT2D eigenvalue weighted by atomic mass is 16.2. The van der Waals surface area contributed by atoms with Gasteiger partial charge in [-0.05, 0) is 104 Å². The van der Waals surface area contributed by atoms with Gasteiger partial charge in [0.15, 0.2) is 0 Å². The van der Waals surface area contributed by atoms with Gasteiger partial charge < -0.3 is 16.0 Å². The first-order chi connectivity index (χ1) is 15.5. The van der Waals surface area contributed by atoms with E-state index in [-0.39, 0.29) is 17.7 Å². The molecule has 0 atom stereocenters. The first-order valence-corrected chi connectivity index (χ1v) is 11.3. The number of rotatable bonds is 6. The smallest absolute Gasteiger partial charge is 0.252 e. The summed E-state index contributed by atoms with van der Waals surface area (Å²) in [6, 6.07) is 8.94. The van der Waals surface area contributed by atoms with Crippen LogP contribution in [0.1, 0.15) is 58.3 Å². The lowest BCUT2D eigenvalue weighted by atomic mass is 9.98. The van der Waals surface area contributed by atoms with Crippen LogP contribution in [-0.2, 0) is 35.3 Å². The van der Waals surface area contributed by atoms with E-state index < -0.39 is 5.54 Å². The minimum Gasteiger partial charge on any atom is -0.338 e. The molecule has 0 aromatic heterocycles. The van der Waals surface area contributed by atoms with Crippen LogP contribution in [0.4, 0.5) is 11.4 Å². The number of benzene rings is 2. The van der Waals surface area contributed by atoms with E-state index in [4.69, 9.17) is 0 Å². The lowest BCUT2D eigenvalue weighted by Crippen LogP contribution is -2.46. The Morgan fingerprint density at radius 2 is 1.50 bits per heavy atom. The molecular formula is C26H27N3O3. The first kappa shape index (κ1) is 20.5. The number of carbonyl (C=O) groups excluding carboxylic acids is 3. The topological polar surface area (TPSA) is 87.3 Å². The fourth-order valence-electron chi connectivity index (χ4n) is 4.92. The van der Waals surface area contributed by atoms with E-state index in [9.17, 15) is 14.4 Å². The van der Waals surface area contributed by atoms with E-state index in [0.717, 1.165) is 44.2 Å². The van der Waals surface area contributed by atoms with Crippen molar-refractivity contribution in [2.75, 3.05) is 10.6 Å². The van der Waals surface area contributed by atoms with Gasteiger partial charge in [-0.15, -0.1) is 0 Å². The molecule has 5 rings (SSSR count). The Kier molecular flexibility index (Phi) is 5.08. The molecule has 6 nitrogen and oxygen atoms in total. The van der Waals surface area contributed by atoms with Crippen LogP contribution in [0.25, 0.3) is 0 Å². The van der Waals surface area contributed by atoms with Gasteiger partial charge in [0, 0.05) is 16.9 Å². The number of hydrogen-bond donors (Lipinski definition) is 3. The Morgan fingerprint density at radius 1 is 0.875 bits per heavy atom. The van der Waals surface area contributed by atoms with Gasteiger partial charge in [-0.25, -0.2) is 0 Å². The predicted octanol–water partition coefficient (Wildman–Crippen LogP) is 3.69. The number of aryl methyl sites for hydroxylation is 2. The minimum absolute atomic E-state index is 0.116. The maximum absolute atomic E-state index is 13.3. The van der Waals surface area contributed by atoms with Gasteiger partial charge >= 0.3 is 0 Å². The normalized spacial score (nSPS) is 17.1. The molecule has 3 N–H and O–H groups in total. The van der Waals surface area contributed by atoms with Gasteiger partial charge in [-0.1, -0.05) is 12.6 Å². The molecule has 0 unspecified atom stereocenters. The Labute approximate surface area is 187 Å². The molecule has 0 aliphatic heterocycles. The second kappa shape index (κ2) is 7.93. The molecule has 2 aromatic rings. The lowest BCUT2D eigenvalue weighted by molar-refractivity contribution is -0.119. The summed E-state index contributed by atoms with van der Waals surface area (Å²) in [5.74, 6) is -0.715. The first-order valence-electron chi connectivity index (χ1n) is 11.3. The second-order valence-corrected chi connectivity index (χ2v) is 9.00. The number of nitrogens with one attached hydrogen (secondary N) is 3. The largest absolute Gasteiger partial charge is 0.338 e. The van der Waals surface area contributed by atoms with Crippen LogP contribution >= 0.6 is 0 Å². The molecular weight excluding hydrogens is 402 g/mol. The van der Waals surface area contributed by atoms with Crippen LogP contribution < -0.4 is 16.0 Å². The van der Waals surface area contributed by atoms with Gasteiger partial charge in [0.2, 0.25) is 11.8 Å². The van der Waals surface area contributed by atoms with E-state index in [1.54, 1.807) is 24.3 Å². The van der Waals surface area contributed by atoms with Crippen molar-refractivity contribution in [3.8, 4) is 0 Å². The standard InChI is InChI=1S/C26H27N3O3/c1-2-22(30)27-19-11-9-16(10-12-19)24(31)29-26(13-14-26)25(32)28-23-20-7-3-5-17(20)15-18-6-4-8-21(18)23/h2,9-12,15H,1,3-8,13-14H2,(H,27,30)(H,28,32)(H,29,31). The minimum atomic E-state index is -0.848. The Balaban J connectivity index is 1.30. The summed E-state index contributed by atoms with van der Waals surface area (Å²) in [4.78, 5) is 37.5. The van der Waals surface area contributed by atoms with E-state index in [1.165, 1.54) is 28.3 Å². The quantitative estimate of drug-likeness (QED) is 0.612. The van der Waals surface area contributed by atoms with Crippen LogP contribution in [0.5, 0.6) is 0 Å². The van der Waals surface area contributed by atoms with Crippen LogP contribution in [0, 0.1) is 0 Å². The summed E-state index contributed by atoms with van der Waals surface area (Å²) in [6.45, 7) is 3.42. The van der Waals surface area contributed by atoms with Crippen molar-refractivity contribution in [3.05, 3.63) is 70.8 Å². The molecule has 3 amide bonds. The van der Waals surface area contributed by atoms with Crippen LogP contribution in [0.15, 0.2) is 43.0 Å². The highest BCUT2D eigenvalue weighted by Crippen LogP contribution is 2.41. The Morgan fingerprint density at radius 3 is 2.06 bits per heavy atom. The third kappa shape index (κ3) is 3.70. The van der Waals surface area contributed by atoms with E-state index >= 15 is 0 Å². The van der Waals surface area contributed by atoms with E-state index in [1.807, 2.05) is 0 Å². The van der Waals surface area contributed by atoms with Gasteiger partial charge in [0.25, 0.3) is 5.91 Å². The zero-order valence-corrected chi connectivity index (χ0v) is 18.1. The molecule has 0 saturated heterocycles. The summed E-state index contributed by atoms with van der Waals surface area (Å²) in [5.41, 5.74) is 6.52. The van der Waals surface area contributed by atoms with Gasteiger partial charge in [-0.3, -0.25) is 14.4 Å². The monoisotopic (exact) mass is 429 g/mol. The zero-order chi connectivity index (χ0) is 22.3. The highest BCUT2D eigenvalue weighted by molar-refractivity contribution is 6.06. The summed E-state index contributed by atoms with van der Waals surface area (Å²) < 4.78 is 0. The highest BCUT2D eigenvalue weighted by Gasteiger charge is 2.51. The average Bonchev–Trinajstić information content (AvgIpc) is 3.19. The molecule has 3 aliphatic carbocycles. The maximum atomic E-state index is 13.3. The fourth-order valence-corrected chi connectivity index (χ4v) is 4.92. The van der Waals surface area contributed by atoms with Crippen molar-refractivity contribution in [2.45, 2.75) is 56.9 Å². The third-order valence-corrected chi connectivity index (χ3v) is 6.85. The Hall–Kier alpha value is -3.41. The molecule has 32 heavy (non-hydrogen) atoms. The lowest BCUT2D eigenvalue weighted by Gasteiger charge is -2.21. The van der Waals surface area contributed by atoms with Crippen LogP contribution in [-0.4, -0.2) is 23.3 Å². The number of fused-ring (bicyclic) bond motifs is 2. The van der Waals surface area contributed by atoms with Crippen molar-refractivity contribution in [3.63, 3.8) is 0 Å². The molecule has 164 valence electrons. The molecule has 0 spiro atoms. The third-order valence-electron chi connectivity index (χ3n) is 6.85. The van der Waals surface area contributed by atoms with Crippen molar-refractivity contribution in [1.82, 2.24) is 5.32 Å². The van der Waals surface area contributed by atoms with Crippen LogP contribution in [0.2, 0.25) is 0 Å². The molecule has 0 radical (unpaired) electrons. The van der Waals surface area contributed by atoms with Crippen molar-refractivity contribution in [1.29, 1.82) is 0 Å². The number of carbonyl (C=O) groups is 3. The number of anilines is 2. The van der Waals surface area contributed by atoms with E-state index in [2.05, 4.69) is 28.6 Å². The summed E-state index contributed by atoms with van der Waals surface area (Å²) in [7, 11) is 0. The molecule has 1 fully saturated rings. The van der Waals surface area contributed by atoms with E-state index in [0.29, 0.717) is 24.1 Å². The number of amides is 3. The molecule has 3 aliphatic rings. The number of hydrogen-bond acceptors (Lipinski definition) is 3. The molecule has 6 heteroatoms. The molecule has 0 bridgehead atoms. The summed E-state index contributed by atoms with van der Waals surface area (Å²) in [6.07, 6.45) is 8.89. The van der Waals surface area contributed by atoms with Gasteiger partial charge in [0.1, 0.15) is 5.54 Å². The fraction of sp³-hybridized carbons (Fsp3) is 0.346. The molecule has 1 saturated carbocycles. The van der Waals surface area contributed by atoms with Crippen molar-refractivity contribution < 1.29 is 14.4 Å².